The third-order valence-corrected chi connectivity index (χ3v) is 3.34. The fourth-order valence-electron chi connectivity index (χ4n) is 2.38. The predicted molar refractivity (Wildman–Crippen MR) is 64.7 cm³/mol. The van der Waals surface area contributed by atoms with Crippen molar-refractivity contribution in [2.75, 3.05) is 19.7 Å². The lowest BCUT2D eigenvalue weighted by Crippen LogP contribution is -2.46. The average molecular weight is 234 g/mol. The van der Waals surface area contributed by atoms with Gasteiger partial charge in [-0.1, -0.05) is 6.07 Å². The molecular formula is C13H18N2O2. The number of esters is 1. The summed E-state index contributed by atoms with van der Waals surface area (Å²) in [5.74, 6) is -0.116. The molecule has 0 radical (unpaired) electrons. The average Bonchev–Trinajstić information content (AvgIpc) is 2.41. The van der Waals surface area contributed by atoms with Crippen LogP contribution in [-0.4, -0.2) is 30.6 Å². The Hall–Kier alpha value is -1.42. The van der Waals surface area contributed by atoms with Crippen LogP contribution >= 0.6 is 0 Å². The smallest absolute Gasteiger partial charge is 0.316 e. The number of nitrogens with one attached hydrogen (secondary N) is 1. The van der Waals surface area contributed by atoms with Crippen LogP contribution in [0.1, 0.15) is 25.3 Å². The first-order valence-electron chi connectivity index (χ1n) is 6.08. The Morgan fingerprint density at radius 1 is 1.53 bits per heavy atom. The minimum atomic E-state index is -0.504. The van der Waals surface area contributed by atoms with Gasteiger partial charge in [0.05, 0.1) is 12.0 Å². The van der Waals surface area contributed by atoms with E-state index in [4.69, 9.17) is 4.74 Å². The molecule has 0 aromatic carbocycles. The number of carbonyl (C=O) groups is 1. The summed E-state index contributed by atoms with van der Waals surface area (Å²) < 4.78 is 5.24. The van der Waals surface area contributed by atoms with Crippen molar-refractivity contribution >= 4 is 5.97 Å². The third-order valence-electron chi connectivity index (χ3n) is 3.34. The third kappa shape index (κ3) is 2.31. The van der Waals surface area contributed by atoms with E-state index in [0.717, 1.165) is 31.5 Å². The van der Waals surface area contributed by atoms with Crippen LogP contribution in [0, 0.1) is 0 Å². The maximum absolute atomic E-state index is 12.2. The zero-order valence-electron chi connectivity index (χ0n) is 10.1. The van der Waals surface area contributed by atoms with Crippen molar-refractivity contribution in [3.63, 3.8) is 0 Å². The van der Waals surface area contributed by atoms with Gasteiger partial charge in [0.1, 0.15) is 0 Å². The molecule has 0 spiro atoms. The van der Waals surface area contributed by atoms with Crippen LogP contribution in [0.4, 0.5) is 0 Å². The summed E-state index contributed by atoms with van der Waals surface area (Å²) in [7, 11) is 0. The standard InChI is InChI=1S/C13H18N2O2/c1-2-17-12(16)13(5-8-14-9-6-13)11-4-3-7-15-10-11/h3-4,7,10,14H,2,5-6,8-9H2,1H3. The van der Waals surface area contributed by atoms with Crippen LogP contribution in [-0.2, 0) is 14.9 Å². The number of ether oxygens (including phenoxy) is 1. The molecule has 1 aromatic heterocycles. The minimum absolute atomic E-state index is 0.116. The van der Waals surface area contributed by atoms with Crippen LogP contribution in [0.15, 0.2) is 24.5 Å². The SMILES string of the molecule is CCOC(=O)C1(c2cccnc2)CCNCC1. The Labute approximate surface area is 101 Å². The lowest BCUT2D eigenvalue weighted by Gasteiger charge is -2.35. The molecule has 92 valence electrons. The minimum Gasteiger partial charge on any atom is -0.465 e. The van der Waals surface area contributed by atoms with Crippen molar-refractivity contribution in [2.24, 2.45) is 0 Å². The summed E-state index contributed by atoms with van der Waals surface area (Å²) >= 11 is 0. The van der Waals surface area contributed by atoms with Gasteiger partial charge in [0.25, 0.3) is 0 Å². The number of pyridine rings is 1. The van der Waals surface area contributed by atoms with Gasteiger partial charge >= 0.3 is 5.97 Å². The number of piperidine rings is 1. The van der Waals surface area contributed by atoms with Crippen LogP contribution in [0.5, 0.6) is 0 Å². The van der Waals surface area contributed by atoms with Crippen LogP contribution in [0.2, 0.25) is 0 Å². The second-order valence-corrected chi connectivity index (χ2v) is 4.29. The van der Waals surface area contributed by atoms with Crippen LogP contribution in [0.25, 0.3) is 0 Å². The number of hydrogen-bond donors (Lipinski definition) is 1. The van der Waals surface area contributed by atoms with Crippen molar-refractivity contribution in [3.05, 3.63) is 30.1 Å². The number of carbonyl (C=O) groups excluding carboxylic acids is 1. The van der Waals surface area contributed by atoms with E-state index in [1.165, 1.54) is 0 Å². The van der Waals surface area contributed by atoms with Crippen LogP contribution < -0.4 is 5.32 Å². The molecule has 1 aliphatic heterocycles. The van der Waals surface area contributed by atoms with Crippen molar-refractivity contribution in [1.82, 2.24) is 10.3 Å². The molecule has 0 amide bonds. The summed E-state index contributed by atoms with van der Waals surface area (Å²) in [6.45, 7) is 3.95. The molecule has 0 saturated carbocycles. The molecule has 17 heavy (non-hydrogen) atoms. The molecule has 1 saturated heterocycles. The molecular weight excluding hydrogens is 216 g/mol. The zero-order valence-corrected chi connectivity index (χ0v) is 10.1. The number of aromatic nitrogens is 1. The molecule has 4 heteroatoms. The Morgan fingerprint density at radius 2 is 2.29 bits per heavy atom. The van der Waals surface area contributed by atoms with Gasteiger partial charge in [0.2, 0.25) is 0 Å². The van der Waals surface area contributed by atoms with E-state index in [1.807, 2.05) is 19.1 Å². The Balaban J connectivity index is 2.33. The van der Waals surface area contributed by atoms with E-state index in [2.05, 4.69) is 10.3 Å². The molecule has 0 unspecified atom stereocenters. The normalized spacial score (nSPS) is 18.6. The highest BCUT2D eigenvalue weighted by Gasteiger charge is 2.42. The first kappa shape index (κ1) is 12.0. The molecule has 1 N–H and O–H groups in total. The second-order valence-electron chi connectivity index (χ2n) is 4.29. The largest absolute Gasteiger partial charge is 0.465 e. The summed E-state index contributed by atoms with van der Waals surface area (Å²) in [5, 5.41) is 3.28. The molecule has 0 bridgehead atoms. The fraction of sp³-hybridized carbons (Fsp3) is 0.538. The predicted octanol–water partition coefficient (Wildman–Crippen LogP) is 1.27. The highest BCUT2D eigenvalue weighted by molar-refractivity contribution is 5.83. The van der Waals surface area contributed by atoms with Gasteiger partial charge in [-0.15, -0.1) is 0 Å². The number of hydrogen-bond acceptors (Lipinski definition) is 4. The molecule has 1 fully saturated rings. The zero-order chi connectivity index (χ0) is 12.1. The summed E-state index contributed by atoms with van der Waals surface area (Å²) in [4.78, 5) is 16.4. The van der Waals surface area contributed by atoms with Gasteiger partial charge in [-0.3, -0.25) is 9.78 Å². The first-order valence-corrected chi connectivity index (χ1v) is 6.08. The lowest BCUT2D eigenvalue weighted by molar-refractivity contribution is -0.151. The Kier molecular flexibility index (Phi) is 3.74. The Morgan fingerprint density at radius 3 is 2.88 bits per heavy atom. The van der Waals surface area contributed by atoms with Gasteiger partial charge in [0, 0.05) is 12.4 Å². The second kappa shape index (κ2) is 5.27. The quantitative estimate of drug-likeness (QED) is 0.800. The van der Waals surface area contributed by atoms with Gasteiger partial charge in [-0.05, 0) is 44.5 Å². The van der Waals surface area contributed by atoms with Gasteiger partial charge < -0.3 is 10.1 Å². The lowest BCUT2D eigenvalue weighted by atomic mass is 9.74. The first-order chi connectivity index (χ1) is 8.29. The maximum Gasteiger partial charge on any atom is 0.316 e. The molecule has 2 rings (SSSR count). The summed E-state index contributed by atoms with van der Waals surface area (Å²) in [5.41, 5.74) is 0.468. The molecule has 0 aliphatic carbocycles. The van der Waals surface area contributed by atoms with Crippen molar-refractivity contribution < 1.29 is 9.53 Å². The highest BCUT2D eigenvalue weighted by atomic mass is 16.5. The van der Waals surface area contributed by atoms with E-state index >= 15 is 0 Å². The van der Waals surface area contributed by atoms with E-state index in [0.29, 0.717) is 6.61 Å². The molecule has 4 nitrogen and oxygen atoms in total. The number of nitrogens with zero attached hydrogens (tertiary/aromatic N) is 1. The van der Waals surface area contributed by atoms with E-state index in [1.54, 1.807) is 12.4 Å². The molecule has 0 atom stereocenters. The van der Waals surface area contributed by atoms with Crippen LogP contribution in [0.3, 0.4) is 0 Å². The number of rotatable bonds is 3. The summed E-state index contributed by atoms with van der Waals surface area (Å²) in [6, 6.07) is 3.84. The highest BCUT2D eigenvalue weighted by Crippen LogP contribution is 2.34. The van der Waals surface area contributed by atoms with Gasteiger partial charge in [0.15, 0.2) is 0 Å². The topological polar surface area (TPSA) is 51.2 Å². The Bertz CT molecular complexity index is 372. The van der Waals surface area contributed by atoms with E-state index in [-0.39, 0.29) is 5.97 Å². The van der Waals surface area contributed by atoms with E-state index in [9.17, 15) is 4.79 Å². The van der Waals surface area contributed by atoms with Gasteiger partial charge in [-0.25, -0.2) is 0 Å². The molecule has 1 aromatic rings. The van der Waals surface area contributed by atoms with Gasteiger partial charge in [-0.2, -0.15) is 0 Å². The summed E-state index contributed by atoms with van der Waals surface area (Å²) in [6.07, 6.45) is 5.06. The molecule has 2 heterocycles. The van der Waals surface area contributed by atoms with E-state index < -0.39 is 5.41 Å². The monoisotopic (exact) mass is 234 g/mol. The van der Waals surface area contributed by atoms with Crippen molar-refractivity contribution in [2.45, 2.75) is 25.2 Å². The van der Waals surface area contributed by atoms with Crippen molar-refractivity contribution in [1.29, 1.82) is 0 Å². The maximum atomic E-state index is 12.2. The fourth-order valence-corrected chi connectivity index (χ4v) is 2.38. The molecule has 1 aliphatic rings. The van der Waals surface area contributed by atoms with Crippen molar-refractivity contribution in [3.8, 4) is 0 Å².